The Hall–Kier alpha value is 0. The van der Waals surface area contributed by atoms with Crippen molar-refractivity contribution in [3.05, 3.63) is 0 Å². The van der Waals surface area contributed by atoms with E-state index in [0.29, 0.717) is 0 Å². The maximum atomic E-state index is 2.45. The Kier molecular flexibility index (Phi) is 1.41. The maximum Gasteiger partial charge on any atom is -0.0236 e. The Morgan fingerprint density at radius 2 is 1.91 bits per heavy atom. The summed E-state index contributed by atoms with van der Waals surface area (Å²) in [4.78, 5) is 0. The minimum atomic E-state index is 0.804. The van der Waals surface area contributed by atoms with Crippen molar-refractivity contribution in [2.75, 3.05) is 0 Å². The molecule has 0 spiro atoms. The van der Waals surface area contributed by atoms with Crippen LogP contribution in [-0.2, 0) is 0 Å². The molecule has 0 aromatic carbocycles. The molecule has 0 aromatic rings. The monoisotopic (exact) mass is 152 g/mol. The molecule has 0 N–H and O–H groups in total. The SMILES string of the molecule is CCC12CC(C)C1C(C)C2C. The third kappa shape index (κ3) is 0.625. The van der Waals surface area contributed by atoms with Gasteiger partial charge in [-0.3, -0.25) is 0 Å². The Morgan fingerprint density at radius 1 is 1.27 bits per heavy atom. The molecule has 0 aliphatic heterocycles. The summed E-state index contributed by atoms with van der Waals surface area (Å²) >= 11 is 0. The molecule has 2 aliphatic carbocycles. The first-order chi connectivity index (χ1) is 5.13. The summed E-state index contributed by atoms with van der Waals surface area (Å²) in [7, 11) is 0. The molecule has 0 nitrogen and oxygen atoms in total. The highest BCUT2D eigenvalue weighted by Gasteiger charge is 2.64. The predicted molar refractivity (Wildman–Crippen MR) is 48.3 cm³/mol. The van der Waals surface area contributed by atoms with E-state index in [2.05, 4.69) is 27.7 Å². The average Bonchev–Trinajstić information content (AvgIpc) is 1.97. The Morgan fingerprint density at radius 3 is 2.27 bits per heavy atom. The highest BCUT2D eigenvalue weighted by molar-refractivity contribution is 5.13. The number of fused-ring (bicyclic) bond motifs is 1. The van der Waals surface area contributed by atoms with Crippen molar-refractivity contribution in [3.63, 3.8) is 0 Å². The summed E-state index contributed by atoms with van der Waals surface area (Å²) in [5, 5.41) is 0. The molecule has 5 unspecified atom stereocenters. The van der Waals surface area contributed by atoms with Crippen molar-refractivity contribution in [1.29, 1.82) is 0 Å². The van der Waals surface area contributed by atoms with E-state index in [4.69, 9.17) is 0 Å². The van der Waals surface area contributed by atoms with Crippen LogP contribution in [0.4, 0.5) is 0 Å². The first-order valence-corrected chi connectivity index (χ1v) is 5.13. The molecule has 0 aromatic heterocycles. The molecule has 2 saturated carbocycles. The zero-order valence-electron chi connectivity index (χ0n) is 8.22. The summed E-state index contributed by atoms with van der Waals surface area (Å²) < 4.78 is 0. The molecule has 5 atom stereocenters. The fourth-order valence-corrected chi connectivity index (χ4v) is 4.22. The maximum absolute atomic E-state index is 2.45. The van der Waals surface area contributed by atoms with Gasteiger partial charge < -0.3 is 0 Å². The molecule has 0 radical (unpaired) electrons. The van der Waals surface area contributed by atoms with Crippen molar-refractivity contribution in [2.24, 2.45) is 29.1 Å². The smallest absolute Gasteiger partial charge is 0.0236 e. The summed E-state index contributed by atoms with van der Waals surface area (Å²) in [5.74, 6) is 4.14. The summed E-state index contributed by atoms with van der Waals surface area (Å²) in [5.41, 5.74) is 0.804. The molecular weight excluding hydrogens is 132 g/mol. The van der Waals surface area contributed by atoms with Crippen LogP contribution < -0.4 is 0 Å². The Balaban J connectivity index is 2.14. The highest BCUT2D eigenvalue weighted by atomic mass is 14.7. The molecule has 11 heavy (non-hydrogen) atoms. The average molecular weight is 152 g/mol. The molecule has 0 amide bonds. The van der Waals surface area contributed by atoms with Gasteiger partial charge in [0.25, 0.3) is 0 Å². The first kappa shape index (κ1) is 7.64. The molecule has 2 fully saturated rings. The van der Waals surface area contributed by atoms with Crippen LogP contribution in [0.25, 0.3) is 0 Å². The fraction of sp³-hybridized carbons (Fsp3) is 1.00. The normalized spacial score (nSPS) is 61.1. The highest BCUT2D eigenvalue weighted by Crippen LogP contribution is 2.71. The van der Waals surface area contributed by atoms with Gasteiger partial charge >= 0.3 is 0 Å². The van der Waals surface area contributed by atoms with Crippen LogP contribution in [0.5, 0.6) is 0 Å². The van der Waals surface area contributed by atoms with Crippen molar-refractivity contribution in [3.8, 4) is 0 Å². The largest absolute Gasteiger partial charge is 0.0648 e. The van der Waals surface area contributed by atoms with Crippen LogP contribution in [0.2, 0.25) is 0 Å². The minimum absolute atomic E-state index is 0.804. The third-order valence-corrected chi connectivity index (χ3v) is 4.90. The number of hydrogen-bond donors (Lipinski definition) is 0. The van der Waals surface area contributed by atoms with E-state index in [1.807, 2.05) is 0 Å². The number of hydrogen-bond acceptors (Lipinski definition) is 0. The summed E-state index contributed by atoms with van der Waals surface area (Å²) in [6.07, 6.45) is 2.94. The zero-order chi connectivity index (χ0) is 8.22. The zero-order valence-corrected chi connectivity index (χ0v) is 8.22. The van der Waals surface area contributed by atoms with Crippen LogP contribution in [0.1, 0.15) is 40.5 Å². The van der Waals surface area contributed by atoms with Crippen LogP contribution in [0, 0.1) is 29.1 Å². The topological polar surface area (TPSA) is 0 Å². The predicted octanol–water partition coefficient (Wildman–Crippen LogP) is 3.32. The summed E-state index contributed by atoms with van der Waals surface area (Å²) in [6.45, 7) is 9.71. The van der Waals surface area contributed by atoms with Crippen molar-refractivity contribution in [2.45, 2.75) is 40.5 Å². The third-order valence-electron chi connectivity index (χ3n) is 4.90. The lowest BCUT2D eigenvalue weighted by Gasteiger charge is -2.71. The van der Waals surface area contributed by atoms with E-state index < -0.39 is 0 Å². The molecule has 2 aliphatic rings. The van der Waals surface area contributed by atoms with Gasteiger partial charge in [0.1, 0.15) is 0 Å². The van der Waals surface area contributed by atoms with Crippen LogP contribution in [0.3, 0.4) is 0 Å². The molecular formula is C11H20. The molecule has 64 valence electrons. The van der Waals surface area contributed by atoms with E-state index in [1.165, 1.54) is 12.8 Å². The Labute approximate surface area is 70.4 Å². The van der Waals surface area contributed by atoms with E-state index in [1.54, 1.807) is 0 Å². The van der Waals surface area contributed by atoms with Gasteiger partial charge in [-0.2, -0.15) is 0 Å². The van der Waals surface area contributed by atoms with Crippen molar-refractivity contribution in [1.82, 2.24) is 0 Å². The van der Waals surface area contributed by atoms with Crippen molar-refractivity contribution < 1.29 is 0 Å². The summed E-state index contributed by atoms with van der Waals surface area (Å²) in [6, 6.07) is 0. The molecule has 0 heterocycles. The fourth-order valence-electron chi connectivity index (χ4n) is 4.22. The second kappa shape index (κ2) is 2.02. The standard InChI is InChI=1S/C11H20/c1-5-11-6-7(2)10(11)8(3)9(11)4/h7-10H,5-6H2,1-4H3. The lowest BCUT2D eigenvalue weighted by Crippen LogP contribution is -2.65. The van der Waals surface area contributed by atoms with Gasteiger partial charge in [-0.15, -0.1) is 0 Å². The van der Waals surface area contributed by atoms with Crippen molar-refractivity contribution >= 4 is 0 Å². The second-order valence-corrected chi connectivity index (χ2v) is 4.94. The van der Waals surface area contributed by atoms with Gasteiger partial charge in [-0.25, -0.2) is 0 Å². The van der Waals surface area contributed by atoms with Gasteiger partial charge in [0, 0.05) is 0 Å². The quantitative estimate of drug-likeness (QED) is 0.540. The molecule has 2 rings (SSSR count). The van der Waals surface area contributed by atoms with Gasteiger partial charge in [0.2, 0.25) is 0 Å². The molecule has 0 bridgehead atoms. The lowest BCUT2D eigenvalue weighted by atomic mass is 9.34. The van der Waals surface area contributed by atoms with E-state index in [-0.39, 0.29) is 0 Å². The molecule has 0 heteroatoms. The van der Waals surface area contributed by atoms with E-state index in [0.717, 1.165) is 29.1 Å². The van der Waals surface area contributed by atoms with Crippen LogP contribution in [0.15, 0.2) is 0 Å². The van der Waals surface area contributed by atoms with E-state index in [9.17, 15) is 0 Å². The van der Waals surface area contributed by atoms with Crippen LogP contribution >= 0.6 is 0 Å². The minimum Gasteiger partial charge on any atom is -0.0648 e. The second-order valence-electron chi connectivity index (χ2n) is 4.94. The lowest BCUT2D eigenvalue weighted by molar-refractivity contribution is -0.226. The van der Waals surface area contributed by atoms with Gasteiger partial charge in [0.15, 0.2) is 0 Å². The molecule has 0 saturated heterocycles. The number of rotatable bonds is 1. The first-order valence-electron chi connectivity index (χ1n) is 5.13. The van der Waals surface area contributed by atoms with Gasteiger partial charge in [-0.05, 0) is 41.9 Å². The van der Waals surface area contributed by atoms with Gasteiger partial charge in [-0.1, -0.05) is 27.7 Å². The van der Waals surface area contributed by atoms with Crippen LogP contribution in [-0.4, -0.2) is 0 Å². The van der Waals surface area contributed by atoms with Gasteiger partial charge in [0.05, 0.1) is 0 Å². The Bertz CT molecular complexity index is 173. The van der Waals surface area contributed by atoms with E-state index >= 15 is 0 Å².